The van der Waals surface area contributed by atoms with E-state index in [1.165, 1.54) is 6.20 Å². The van der Waals surface area contributed by atoms with E-state index in [1.807, 2.05) is 54.6 Å². The summed E-state index contributed by atoms with van der Waals surface area (Å²) in [5.74, 6) is -1.36. The summed E-state index contributed by atoms with van der Waals surface area (Å²) in [6.07, 6.45) is 2.63. The quantitative estimate of drug-likeness (QED) is 0.307. The molecule has 10 heteroatoms. The summed E-state index contributed by atoms with van der Waals surface area (Å²) < 4.78 is 32.1. The van der Waals surface area contributed by atoms with E-state index < -0.39 is 22.0 Å². The molecule has 0 spiro atoms. The van der Waals surface area contributed by atoms with E-state index in [2.05, 4.69) is 15.2 Å². The van der Waals surface area contributed by atoms with Crippen LogP contribution in [0.15, 0.2) is 65.3 Å². The summed E-state index contributed by atoms with van der Waals surface area (Å²) >= 11 is 0. The summed E-state index contributed by atoms with van der Waals surface area (Å²) in [5, 5.41) is 15.7. The van der Waals surface area contributed by atoms with Crippen LogP contribution in [-0.4, -0.2) is 48.9 Å². The van der Waals surface area contributed by atoms with Crippen molar-refractivity contribution in [1.82, 2.24) is 15.2 Å². The van der Waals surface area contributed by atoms with Gasteiger partial charge in [0.25, 0.3) is 5.91 Å². The molecule has 186 valence electrons. The Bertz CT molecular complexity index is 1220. The van der Waals surface area contributed by atoms with Crippen molar-refractivity contribution >= 4 is 21.9 Å². The summed E-state index contributed by atoms with van der Waals surface area (Å²) in [6.45, 7) is 1.95. The molecular weight excluding hydrogens is 470 g/mol. The van der Waals surface area contributed by atoms with Gasteiger partial charge in [0.15, 0.2) is 0 Å². The van der Waals surface area contributed by atoms with Crippen molar-refractivity contribution in [2.45, 2.75) is 38.6 Å². The van der Waals surface area contributed by atoms with Crippen LogP contribution in [0.5, 0.6) is 0 Å². The largest absolute Gasteiger partial charge is 0.480 e. The van der Waals surface area contributed by atoms with Gasteiger partial charge in [-0.1, -0.05) is 59.8 Å². The molecule has 0 unspecified atom stereocenters. The minimum atomic E-state index is -3.79. The van der Waals surface area contributed by atoms with Crippen molar-refractivity contribution in [1.29, 1.82) is 0 Å². The number of aryl methyl sites for hydroxylation is 2. The number of nitrogens with zero attached hydrogens (tertiary/aromatic N) is 1. The van der Waals surface area contributed by atoms with Gasteiger partial charge >= 0.3 is 5.97 Å². The second-order valence-electron chi connectivity index (χ2n) is 8.19. The Balaban J connectivity index is 1.43. The van der Waals surface area contributed by atoms with Crippen LogP contribution >= 0.6 is 0 Å². The maximum Gasteiger partial charge on any atom is 0.321 e. The first-order valence-electron chi connectivity index (χ1n) is 11.3. The molecule has 0 saturated heterocycles. The van der Waals surface area contributed by atoms with E-state index in [0.717, 1.165) is 16.7 Å². The van der Waals surface area contributed by atoms with Crippen LogP contribution in [0.1, 0.15) is 40.9 Å². The molecule has 1 atom stereocenters. The molecule has 0 saturated carbocycles. The van der Waals surface area contributed by atoms with Crippen LogP contribution in [0.25, 0.3) is 11.1 Å². The highest BCUT2D eigenvalue weighted by Crippen LogP contribution is 2.19. The van der Waals surface area contributed by atoms with E-state index in [4.69, 9.17) is 4.52 Å². The Morgan fingerprint density at radius 3 is 2.34 bits per heavy atom. The molecular formula is C25H29N3O6S. The number of benzene rings is 2. The molecule has 0 fully saturated rings. The number of hydrogen-bond donors (Lipinski definition) is 3. The zero-order valence-corrected chi connectivity index (χ0v) is 20.3. The third-order valence-electron chi connectivity index (χ3n) is 5.54. The van der Waals surface area contributed by atoms with Crippen LogP contribution in [0, 0.1) is 6.92 Å². The highest BCUT2D eigenvalue weighted by atomic mass is 32.2. The minimum Gasteiger partial charge on any atom is -0.480 e. The Labute approximate surface area is 204 Å². The maximum atomic E-state index is 12.5. The van der Waals surface area contributed by atoms with Gasteiger partial charge in [0.1, 0.15) is 17.4 Å². The van der Waals surface area contributed by atoms with Crippen molar-refractivity contribution in [2.75, 3.05) is 12.3 Å². The van der Waals surface area contributed by atoms with Crippen molar-refractivity contribution in [3.63, 3.8) is 0 Å². The van der Waals surface area contributed by atoms with Crippen molar-refractivity contribution < 1.29 is 27.6 Å². The number of amides is 1. The predicted molar refractivity (Wildman–Crippen MR) is 131 cm³/mol. The van der Waals surface area contributed by atoms with Gasteiger partial charge in [-0.25, -0.2) is 13.1 Å². The summed E-state index contributed by atoms with van der Waals surface area (Å²) in [5.41, 5.74) is 3.30. The molecule has 3 rings (SSSR count). The fourth-order valence-corrected chi connectivity index (χ4v) is 4.82. The number of hydrogen-bond acceptors (Lipinski definition) is 6. The fraction of sp³-hybridized carbons (Fsp3) is 0.320. The van der Waals surface area contributed by atoms with Crippen LogP contribution in [0.2, 0.25) is 0 Å². The van der Waals surface area contributed by atoms with E-state index >= 15 is 0 Å². The van der Waals surface area contributed by atoms with Gasteiger partial charge in [-0.2, -0.15) is 0 Å². The van der Waals surface area contributed by atoms with Crippen LogP contribution in [0.3, 0.4) is 0 Å². The van der Waals surface area contributed by atoms with E-state index in [0.29, 0.717) is 30.7 Å². The van der Waals surface area contributed by atoms with Gasteiger partial charge in [0.05, 0.1) is 11.9 Å². The van der Waals surface area contributed by atoms with Crippen molar-refractivity contribution in [2.24, 2.45) is 0 Å². The van der Waals surface area contributed by atoms with Crippen LogP contribution in [-0.2, 0) is 21.2 Å². The number of carboxylic acids is 1. The highest BCUT2D eigenvalue weighted by molar-refractivity contribution is 7.89. The third kappa shape index (κ3) is 8.04. The van der Waals surface area contributed by atoms with Crippen molar-refractivity contribution in [3.8, 4) is 11.1 Å². The van der Waals surface area contributed by atoms with Gasteiger partial charge in [0.2, 0.25) is 10.0 Å². The summed E-state index contributed by atoms with van der Waals surface area (Å²) in [4.78, 5) is 23.6. The molecule has 1 aromatic heterocycles. The molecule has 0 aliphatic carbocycles. The SMILES string of the molecule is Cc1oncc1C(=O)NCCCC[C@@H](NS(=O)(=O)CCc1ccc(-c2ccccc2)cc1)C(=O)O. The molecule has 2 aromatic carbocycles. The lowest BCUT2D eigenvalue weighted by Crippen LogP contribution is -2.42. The Morgan fingerprint density at radius 1 is 1.03 bits per heavy atom. The number of aromatic nitrogens is 1. The molecule has 0 aliphatic heterocycles. The highest BCUT2D eigenvalue weighted by Gasteiger charge is 2.23. The van der Waals surface area contributed by atoms with Crippen LogP contribution in [0.4, 0.5) is 0 Å². The van der Waals surface area contributed by atoms with Gasteiger partial charge in [-0.15, -0.1) is 0 Å². The predicted octanol–water partition coefficient (Wildman–Crippen LogP) is 3.17. The Hall–Kier alpha value is -3.50. The number of rotatable bonds is 13. The number of sulfonamides is 1. The average molecular weight is 500 g/mol. The fourth-order valence-electron chi connectivity index (χ4n) is 3.54. The molecule has 1 amide bonds. The molecule has 0 bridgehead atoms. The number of aliphatic carboxylic acids is 1. The summed E-state index contributed by atoms with van der Waals surface area (Å²) in [6, 6.07) is 16.3. The zero-order chi connectivity index (χ0) is 25.3. The molecule has 0 radical (unpaired) electrons. The first-order chi connectivity index (χ1) is 16.7. The van der Waals surface area contributed by atoms with Gasteiger partial charge < -0.3 is 14.9 Å². The molecule has 0 aliphatic rings. The number of nitrogens with one attached hydrogen (secondary N) is 2. The summed E-state index contributed by atoms with van der Waals surface area (Å²) in [7, 11) is -3.79. The lowest BCUT2D eigenvalue weighted by molar-refractivity contribution is -0.139. The second-order valence-corrected chi connectivity index (χ2v) is 10.1. The van der Waals surface area contributed by atoms with E-state index in [9.17, 15) is 23.1 Å². The first-order valence-corrected chi connectivity index (χ1v) is 13.0. The van der Waals surface area contributed by atoms with E-state index in [1.54, 1.807) is 6.92 Å². The van der Waals surface area contributed by atoms with Gasteiger partial charge in [-0.05, 0) is 49.3 Å². The monoisotopic (exact) mass is 499 g/mol. The molecule has 9 nitrogen and oxygen atoms in total. The zero-order valence-electron chi connectivity index (χ0n) is 19.4. The normalized spacial score (nSPS) is 12.3. The molecule has 35 heavy (non-hydrogen) atoms. The number of carboxylic acid groups (broad SMARTS) is 1. The number of carbonyl (C=O) groups excluding carboxylic acids is 1. The standard InChI is InChI=1S/C25H29N3O6S/c1-18-22(17-27-34-18)24(29)26-15-6-5-9-23(25(30)31)28-35(32,33)16-14-19-10-12-21(13-11-19)20-7-3-2-4-8-20/h2-4,7-8,10-13,17,23,28H,5-6,9,14-16H2,1H3,(H,26,29)(H,30,31)/t23-/m1/s1. The Kier molecular flexibility index (Phi) is 9.16. The first kappa shape index (κ1) is 26.1. The lowest BCUT2D eigenvalue weighted by Gasteiger charge is -2.15. The van der Waals surface area contributed by atoms with Crippen LogP contribution < -0.4 is 10.0 Å². The van der Waals surface area contributed by atoms with Gasteiger partial charge in [-0.3, -0.25) is 9.59 Å². The minimum absolute atomic E-state index is 0.114. The molecule has 3 aromatic rings. The molecule has 1 heterocycles. The maximum absolute atomic E-state index is 12.5. The lowest BCUT2D eigenvalue weighted by atomic mass is 10.0. The smallest absolute Gasteiger partial charge is 0.321 e. The van der Waals surface area contributed by atoms with E-state index in [-0.39, 0.29) is 24.5 Å². The second kappa shape index (κ2) is 12.3. The number of carbonyl (C=O) groups is 2. The number of unbranched alkanes of at least 4 members (excludes halogenated alkanes) is 1. The van der Waals surface area contributed by atoms with Gasteiger partial charge in [0, 0.05) is 6.54 Å². The third-order valence-corrected chi connectivity index (χ3v) is 6.93. The topological polar surface area (TPSA) is 139 Å². The van der Waals surface area contributed by atoms with Crippen molar-refractivity contribution in [3.05, 3.63) is 77.7 Å². The Morgan fingerprint density at radius 2 is 1.71 bits per heavy atom. The molecule has 3 N–H and O–H groups in total. The average Bonchev–Trinajstić information content (AvgIpc) is 3.28.